The quantitative estimate of drug-likeness (QED) is 0.210. The monoisotopic (exact) mass is 565 g/mol. The van der Waals surface area contributed by atoms with Crippen molar-refractivity contribution in [3.63, 3.8) is 0 Å². The number of thiophene rings is 1. The topological polar surface area (TPSA) is 70.3 Å². The number of aromatic nitrogens is 3. The summed E-state index contributed by atoms with van der Waals surface area (Å²) < 4.78 is 6.61. The van der Waals surface area contributed by atoms with Gasteiger partial charge < -0.3 is 0 Å². The smallest absolute Gasteiger partial charge is 0.140 e. The fourth-order valence-corrected chi connectivity index (χ4v) is 7.81. The molecule has 5 nitrogen and oxygen atoms in total. The van der Waals surface area contributed by atoms with Crippen LogP contribution < -0.4 is 0 Å². The van der Waals surface area contributed by atoms with Crippen LogP contribution in [0.15, 0.2) is 115 Å². The Morgan fingerprint density at radius 2 is 1.19 bits per heavy atom. The van der Waals surface area contributed by atoms with Gasteiger partial charge >= 0.3 is 0 Å². The van der Waals surface area contributed by atoms with E-state index < -0.39 is 0 Å². The van der Waals surface area contributed by atoms with Gasteiger partial charge in [-0.05, 0) is 60.7 Å². The SMILES string of the molecule is N#Cc1ccc2c(c1)c1ccccc1n2-c1cccc(-n2c3ccccc3c3c4c(ccc32)sc2c(C#N)cccc24)n1. The summed E-state index contributed by atoms with van der Waals surface area (Å²) in [6.07, 6.45) is 0. The summed E-state index contributed by atoms with van der Waals surface area (Å²) in [7, 11) is 0. The molecule has 0 aliphatic heterocycles. The Bertz CT molecular complexity index is 2710. The molecule has 0 saturated heterocycles. The van der Waals surface area contributed by atoms with Crippen LogP contribution in [0.3, 0.4) is 0 Å². The standard InChI is InChI=1S/C37H19N5S/c38-20-22-15-16-30-27(19-22)24-8-1-3-11-28(24)41(30)33-13-6-14-34(40-33)42-29-12-4-2-9-25(29)35-31(42)17-18-32-36(35)26-10-5-7-23(21-39)37(26)43-32/h1-19H. The summed E-state index contributed by atoms with van der Waals surface area (Å²) in [5.74, 6) is 1.62. The Morgan fingerprint density at radius 1 is 0.535 bits per heavy atom. The van der Waals surface area contributed by atoms with Crippen molar-refractivity contribution in [1.29, 1.82) is 10.5 Å². The normalized spacial score (nSPS) is 11.7. The maximum atomic E-state index is 9.79. The Balaban J connectivity index is 1.36. The van der Waals surface area contributed by atoms with E-state index in [4.69, 9.17) is 4.98 Å². The van der Waals surface area contributed by atoms with E-state index in [-0.39, 0.29) is 0 Å². The molecule has 6 heteroatoms. The van der Waals surface area contributed by atoms with Crippen molar-refractivity contribution in [3.05, 3.63) is 126 Å². The average molecular weight is 566 g/mol. The van der Waals surface area contributed by atoms with Crippen molar-refractivity contribution in [3.8, 4) is 23.8 Å². The van der Waals surface area contributed by atoms with E-state index in [1.54, 1.807) is 11.3 Å². The van der Waals surface area contributed by atoms with Gasteiger partial charge in [-0.15, -0.1) is 11.3 Å². The fourth-order valence-electron chi connectivity index (χ4n) is 6.63. The highest BCUT2D eigenvalue weighted by molar-refractivity contribution is 7.26. The van der Waals surface area contributed by atoms with E-state index in [1.165, 1.54) is 10.8 Å². The lowest BCUT2D eigenvalue weighted by molar-refractivity contribution is 1.01. The second-order valence-electron chi connectivity index (χ2n) is 10.6. The van der Waals surface area contributed by atoms with Crippen molar-refractivity contribution < 1.29 is 0 Å². The maximum absolute atomic E-state index is 9.79. The number of rotatable bonds is 2. The number of nitriles is 2. The third-order valence-corrected chi connectivity index (χ3v) is 9.60. The summed E-state index contributed by atoms with van der Waals surface area (Å²) in [5.41, 5.74) is 5.54. The number of nitrogens with zero attached hydrogens (tertiary/aromatic N) is 5. The van der Waals surface area contributed by atoms with Crippen LogP contribution in [0.25, 0.3) is 75.4 Å². The predicted molar refractivity (Wildman–Crippen MR) is 175 cm³/mol. The minimum absolute atomic E-state index is 0.636. The van der Waals surface area contributed by atoms with E-state index >= 15 is 0 Å². The first kappa shape index (κ1) is 23.7. The summed E-state index contributed by atoms with van der Waals surface area (Å²) >= 11 is 1.68. The summed E-state index contributed by atoms with van der Waals surface area (Å²) in [6.45, 7) is 0. The molecule has 9 aromatic rings. The minimum Gasteiger partial charge on any atom is -0.294 e. The zero-order valence-corrected chi connectivity index (χ0v) is 23.4. The highest BCUT2D eigenvalue weighted by atomic mass is 32.1. The predicted octanol–water partition coefficient (Wildman–Crippen LogP) is 9.39. The lowest BCUT2D eigenvalue weighted by Crippen LogP contribution is -2.03. The van der Waals surface area contributed by atoms with Gasteiger partial charge in [0.25, 0.3) is 0 Å². The molecule has 198 valence electrons. The molecule has 0 saturated carbocycles. The van der Waals surface area contributed by atoms with Crippen LogP contribution in [0, 0.1) is 22.7 Å². The molecule has 0 bridgehead atoms. The van der Waals surface area contributed by atoms with Gasteiger partial charge in [-0.2, -0.15) is 10.5 Å². The minimum atomic E-state index is 0.636. The van der Waals surface area contributed by atoms with E-state index in [2.05, 4.69) is 88.0 Å². The molecule has 0 spiro atoms. The van der Waals surface area contributed by atoms with Crippen molar-refractivity contribution >= 4 is 75.1 Å². The number of hydrogen-bond donors (Lipinski definition) is 0. The molecule has 0 unspecified atom stereocenters. The van der Waals surface area contributed by atoms with Gasteiger partial charge in [0.2, 0.25) is 0 Å². The molecule has 0 aliphatic carbocycles. The molecule has 5 aromatic carbocycles. The highest BCUT2D eigenvalue weighted by Crippen LogP contribution is 2.44. The molecule has 0 atom stereocenters. The van der Waals surface area contributed by atoms with E-state index in [9.17, 15) is 10.5 Å². The lowest BCUT2D eigenvalue weighted by atomic mass is 10.0. The Hall–Kier alpha value is -5.95. The van der Waals surface area contributed by atoms with E-state index in [1.807, 2.05) is 48.5 Å². The summed E-state index contributed by atoms with van der Waals surface area (Å²) in [4.78, 5) is 5.28. The second-order valence-corrected chi connectivity index (χ2v) is 11.7. The number of para-hydroxylation sites is 2. The van der Waals surface area contributed by atoms with Crippen LogP contribution in [0.4, 0.5) is 0 Å². The fraction of sp³-hybridized carbons (Fsp3) is 0. The van der Waals surface area contributed by atoms with Gasteiger partial charge in [0.15, 0.2) is 0 Å². The number of hydrogen-bond acceptors (Lipinski definition) is 4. The first-order chi connectivity index (χ1) is 21.2. The lowest BCUT2D eigenvalue weighted by Gasteiger charge is -2.11. The summed E-state index contributed by atoms with van der Waals surface area (Å²) in [5, 5.41) is 26.1. The number of pyridine rings is 1. The number of fused-ring (bicyclic) bond motifs is 10. The zero-order valence-electron chi connectivity index (χ0n) is 22.6. The van der Waals surface area contributed by atoms with Gasteiger partial charge in [0.1, 0.15) is 17.7 Å². The van der Waals surface area contributed by atoms with Gasteiger partial charge in [-0.3, -0.25) is 9.13 Å². The van der Waals surface area contributed by atoms with E-state index in [0.717, 1.165) is 64.6 Å². The van der Waals surface area contributed by atoms with Crippen LogP contribution >= 0.6 is 11.3 Å². The molecule has 0 radical (unpaired) electrons. The van der Waals surface area contributed by atoms with Crippen molar-refractivity contribution in [1.82, 2.24) is 14.1 Å². The molecule has 0 fully saturated rings. The first-order valence-electron chi connectivity index (χ1n) is 13.9. The third-order valence-electron chi connectivity index (χ3n) is 8.40. The van der Waals surface area contributed by atoms with Gasteiger partial charge in [0, 0.05) is 37.0 Å². The molecule has 0 aliphatic rings. The zero-order chi connectivity index (χ0) is 28.7. The largest absolute Gasteiger partial charge is 0.294 e. The average Bonchev–Trinajstić information content (AvgIpc) is 3.72. The van der Waals surface area contributed by atoms with Crippen molar-refractivity contribution in [2.24, 2.45) is 0 Å². The van der Waals surface area contributed by atoms with Crippen LogP contribution in [0.1, 0.15) is 11.1 Å². The van der Waals surface area contributed by atoms with Gasteiger partial charge in [-0.1, -0.05) is 54.6 Å². The van der Waals surface area contributed by atoms with Gasteiger partial charge in [-0.25, -0.2) is 4.98 Å². The van der Waals surface area contributed by atoms with E-state index in [0.29, 0.717) is 11.1 Å². The number of benzene rings is 5. The Kier molecular flexibility index (Phi) is 4.84. The molecule has 43 heavy (non-hydrogen) atoms. The molecule has 0 N–H and O–H groups in total. The Morgan fingerprint density at radius 3 is 1.98 bits per heavy atom. The third kappa shape index (κ3) is 3.21. The first-order valence-corrected chi connectivity index (χ1v) is 14.8. The second kappa shape index (κ2) is 8.77. The molecule has 4 aromatic heterocycles. The molecule has 9 rings (SSSR count). The maximum Gasteiger partial charge on any atom is 0.140 e. The summed E-state index contributed by atoms with van der Waals surface area (Å²) in [6, 6.07) is 43.7. The van der Waals surface area contributed by atoms with Crippen molar-refractivity contribution in [2.75, 3.05) is 0 Å². The molecular formula is C37H19N5S. The van der Waals surface area contributed by atoms with Crippen LogP contribution in [-0.4, -0.2) is 14.1 Å². The Labute approximate surface area is 249 Å². The molecule has 4 heterocycles. The van der Waals surface area contributed by atoms with Crippen LogP contribution in [0.2, 0.25) is 0 Å². The van der Waals surface area contributed by atoms with Crippen molar-refractivity contribution in [2.45, 2.75) is 0 Å². The molecule has 0 amide bonds. The van der Waals surface area contributed by atoms with Crippen LogP contribution in [0.5, 0.6) is 0 Å². The highest BCUT2D eigenvalue weighted by Gasteiger charge is 2.20. The molecular weight excluding hydrogens is 547 g/mol. The van der Waals surface area contributed by atoms with Crippen LogP contribution in [-0.2, 0) is 0 Å². The van der Waals surface area contributed by atoms with Gasteiger partial charge in [0.05, 0.1) is 44.0 Å².